The van der Waals surface area contributed by atoms with Crippen molar-refractivity contribution in [1.82, 2.24) is 5.32 Å². The number of hydrogen-bond acceptors (Lipinski definition) is 2. The number of rotatable bonds is 1. The van der Waals surface area contributed by atoms with Crippen molar-refractivity contribution in [2.45, 2.75) is 25.3 Å². The lowest BCUT2D eigenvalue weighted by molar-refractivity contribution is -0.120. The van der Waals surface area contributed by atoms with Crippen molar-refractivity contribution in [2.24, 2.45) is 17.6 Å². The second kappa shape index (κ2) is 2.48. The molecule has 0 aromatic rings. The van der Waals surface area contributed by atoms with Gasteiger partial charge in [-0.2, -0.15) is 0 Å². The third-order valence-corrected chi connectivity index (χ3v) is 3.05. The zero-order valence-corrected chi connectivity index (χ0v) is 6.55. The highest BCUT2D eigenvalue weighted by Gasteiger charge is 2.41. The van der Waals surface area contributed by atoms with Crippen LogP contribution in [-0.4, -0.2) is 18.5 Å². The van der Waals surface area contributed by atoms with E-state index in [0.717, 1.165) is 12.5 Å². The molecule has 0 spiro atoms. The molecule has 2 aliphatic rings. The molecule has 0 aromatic carbocycles. The van der Waals surface area contributed by atoms with Gasteiger partial charge in [-0.25, -0.2) is 0 Å². The van der Waals surface area contributed by atoms with Crippen LogP contribution in [0.25, 0.3) is 0 Å². The Bertz CT molecular complexity index is 181. The van der Waals surface area contributed by atoms with E-state index in [1.54, 1.807) is 0 Å². The molecule has 0 unspecified atom stereocenters. The van der Waals surface area contributed by atoms with Gasteiger partial charge in [0.25, 0.3) is 0 Å². The first kappa shape index (κ1) is 7.10. The highest BCUT2D eigenvalue weighted by atomic mass is 16.1. The van der Waals surface area contributed by atoms with E-state index in [2.05, 4.69) is 5.32 Å². The zero-order valence-electron chi connectivity index (χ0n) is 6.55. The Morgan fingerprint density at radius 2 is 2.27 bits per heavy atom. The van der Waals surface area contributed by atoms with Gasteiger partial charge in [-0.05, 0) is 31.2 Å². The van der Waals surface area contributed by atoms with E-state index >= 15 is 0 Å². The summed E-state index contributed by atoms with van der Waals surface area (Å²) in [5, 5.41) is 3.18. The topological polar surface area (TPSA) is 55.1 Å². The van der Waals surface area contributed by atoms with Gasteiger partial charge in [0.1, 0.15) is 0 Å². The van der Waals surface area contributed by atoms with Crippen molar-refractivity contribution in [1.29, 1.82) is 0 Å². The van der Waals surface area contributed by atoms with Gasteiger partial charge in [0.05, 0.1) is 6.04 Å². The van der Waals surface area contributed by atoms with E-state index in [1.165, 1.54) is 19.3 Å². The van der Waals surface area contributed by atoms with Crippen LogP contribution in [0, 0.1) is 11.8 Å². The molecule has 1 saturated heterocycles. The van der Waals surface area contributed by atoms with E-state index in [9.17, 15) is 4.79 Å². The van der Waals surface area contributed by atoms with E-state index < -0.39 is 0 Å². The van der Waals surface area contributed by atoms with E-state index in [4.69, 9.17) is 5.73 Å². The fraction of sp³-hybridized carbons (Fsp3) is 0.875. The van der Waals surface area contributed by atoms with Gasteiger partial charge >= 0.3 is 0 Å². The zero-order chi connectivity index (χ0) is 7.84. The SMILES string of the molecule is NC(=O)[C@H]1NC[C@@H]2CCC[C@@H]21. The van der Waals surface area contributed by atoms with Crippen molar-refractivity contribution < 1.29 is 4.79 Å². The van der Waals surface area contributed by atoms with E-state index in [0.29, 0.717) is 5.92 Å². The fourth-order valence-corrected chi connectivity index (χ4v) is 2.50. The van der Waals surface area contributed by atoms with Crippen molar-refractivity contribution in [3.8, 4) is 0 Å². The smallest absolute Gasteiger partial charge is 0.234 e. The Labute approximate surface area is 66.3 Å². The number of carbonyl (C=O) groups is 1. The number of carbonyl (C=O) groups excluding carboxylic acids is 1. The number of amides is 1. The normalized spacial score (nSPS) is 42.4. The molecule has 3 atom stereocenters. The Morgan fingerprint density at radius 3 is 3.00 bits per heavy atom. The second-order valence-corrected chi connectivity index (χ2v) is 3.64. The molecule has 1 aliphatic carbocycles. The molecular weight excluding hydrogens is 140 g/mol. The number of primary amides is 1. The quantitative estimate of drug-likeness (QED) is 0.552. The highest BCUT2D eigenvalue weighted by molar-refractivity contribution is 5.80. The molecule has 3 nitrogen and oxygen atoms in total. The maximum atomic E-state index is 10.9. The Morgan fingerprint density at radius 1 is 1.45 bits per heavy atom. The average Bonchev–Trinajstić information content (AvgIpc) is 2.41. The van der Waals surface area contributed by atoms with Crippen LogP contribution >= 0.6 is 0 Å². The average molecular weight is 154 g/mol. The van der Waals surface area contributed by atoms with Gasteiger partial charge < -0.3 is 11.1 Å². The minimum absolute atomic E-state index is 0.0255. The molecule has 3 N–H and O–H groups in total. The minimum Gasteiger partial charge on any atom is -0.368 e. The Kier molecular flexibility index (Phi) is 1.60. The molecule has 0 radical (unpaired) electrons. The van der Waals surface area contributed by atoms with Crippen LogP contribution in [0.15, 0.2) is 0 Å². The first-order chi connectivity index (χ1) is 5.29. The largest absolute Gasteiger partial charge is 0.368 e. The van der Waals surface area contributed by atoms with Crippen molar-refractivity contribution in [2.75, 3.05) is 6.54 Å². The molecule has 1 aliphatic heterocycles. The van der Waals surface area contributed by atoms with Crippen LogP contribution in [0.1, 0.15) is 19.3 Å². The van der Waals surface area contributed by atoms with Gasteiger partial charge in [-0.1, -0.05) is 6.42 Å². The van der Waals surface area contributed by atoms with Crippen molar-refractivity contribution >= 4 is 5.91 Å². The minimum atomic E-state index is -0.167. The maximum absolute atomic E-state index is 10.9. The molecule has 62 valence electrons. The summed E-state index contributed by atoms with van der Waals surface area (Å²) in [5.74, 6) is 1.11. The van der Waals surface area contributed by atoms with Gasteiger partial charge in [0.15, 0.2) is 0 Å². The fourth-order valence-electron chi connectivity index (χ4n) is 2.50. The summed E-state index contributed by atoms with van der Waals surface area (Å²) in [6, 6.07) is -0.0255. The second-order valence-electron chi connectivity index (χ2n) is 3.64. The summed E-state index contributed by atoms with van der Waals surface area (Å²) >= 11 is 0. The summed E-state index contributed by atoms with van der Waals surface area (Å²) < 4.78 is 0. The monoisotopic (exact) mass is 154 g/mol. The lowest BCUT2D eigenvalue weighted by Gasteiger charge is -2.13. The molecule has 2 fully saturated rings. The summed E-state index contributed by atoms with van der Waals surface area (Å²) in [6.07, 6.45) is 3.74. The lowest BCUT2D eigenvalue weighted by atomic mass is 9.94. The number of nitrogens with one attached hydrogen (secondary N) is 1. The summed E-state index contributed by atoms with van der Waals surface area (Å²) in [6.45, 7) is 0.998. The van der Waals surface area contributed by atoms with Gasteiger partial charge in [-0.15, -0.1) is 0 Å². The lowest BCUT2D eigenvalue weighted by Crippen LogP contribution is -2.40. The van der Waals surface area contributed by atoms with Gasteiger partial charge in [0.2, 0.25) is 5.91 Å². The van der Waals surface area contributed by atoms with Crippen LogP contribution in [0.5, 0.6) is 0 Å². The Hall–Kier alpha value is -0.570. The molecule has 3 heteroatoms. The molecular formula is C8H14N2O. The maximum Gasteiger partial charge on any atom is 0.234 e. The summed E-state index contributed by atoms with van der Waals surface area (Å²) in [4.78, 5) is 10.9. The van der Waals surface area contributed by atoms with Crippen LogP contribution in [0.3, 0.4) is 0 Å². The van der Waals surface area contributed by atoms with Crippen LogP contribution in [-0.2, 0) is 4.79 Å². The Balaban J connectivity index is 2.08. The van der Waals surface area contributed by atoms with E-state index in [1.807, 2.05) is 0 Å². The van der Waals surface area contributed by atoms with Crippen molar-refractivity contribution in [3.05, 3.63) is 0 Å². The highest BCUT2D eigenvalue weighted by Crippen LogP contribution is 2.37. The molecule has 0 aromatic heterocycles. The first-order valence-corrected chi connectivity index (χ1v) is 4.32. The molecule has 1 heterocycles. The van der Waals surface area contributed by atoms with Crippen molar-refractivity contribution in [3.63, 3.8) is 0 Å². The third-order valence-electron chi connectivity index (χ3n) is 3.05. The predicted octanol–water partition coefficient (Wildman–Crippen LogP) is -0.140. The number of nitrogens with two attached hydrogens (primary N) is 1. The first-order valence-electron chi connectivity index (χ1n) is 4.32. The molecule has 0 bridgehead atoms. The molecule has 1 saturated carbocycles. The van der Waals surface area contributed by atoms with E-state index in [-0.39, 0.29) is 11.9 Å². The number of fused-ring (bicyclic) bond motifs is 1. The van der Waals surface area contributed by atoms with Gasteiger partial charge in [-0.3, -0.25) is 4.79 Å². The standard InChI is InChI=1S/C8H14N2O/c9-8(11)7-6-3-1-2-5(6)4-10-7/h5-7,10H,1-4H2,(H2,9,11)/t5-,6-,7-/m0/s1. The molecule has 11 heavy (non-hydrogen) atoms. The van der Waals surface area contributed by atoms with Crippen LogP contribution < -0.4 is 11.1 Å². The number of hydrogen-bond donors (Lipinski definition) is 2. The van der Waals surface area contributed by atoms with Crippen LogP contribution in [0.4, 0.5) is 0 Å². The summed E-state index contributed by atoms with van der Waals surface area (Å²) in [5.41, 5.74) is 5.25. The summed E-state index contributed by atoms with van der Waals surface area (Å²) in [7, 11) is 0. The third kappa shape index (κ3) is 1.03. The molecule has 2 rings (SSSR count). The molecule has 1 amide bonds. The van der Waals surface area contributed by atoms with Gasteiger partial charge in [0, 0.05) is 0 Å². The predicted molar refractivity (Wildman–Crippen MR) is 41.8 cm³/mol. The van der Waals surface area contributed by atoms with Crippen LogP contribution in [0.2, 0.25) is 0 Å².